The zero-order chi connectivity index (χ0) is 23.4. The highest BCUT2D eigenvalue weighted by molar-refractivity contribution is 5.95. The van der Waals surface area contributed by atoms with Crippen molar-refractivity contribution in [2.75, 3.05) is 5.32 Å². The number of nitrogens with zero attached hydrogens (tertiary/aromatic N) is 3. The van der Waals surface area contributed by atoms with Crippen LogP contribution in [0.15, 0.2) is 70.0 Å². The monoisotopic (exact) mass is 448 g/mol. The van der Waals surface area contributed by atoms with E-state index in [0.29, 0.717) is 17.9 Å². The van der Waals surface area contributed by atoms with Gasteiger partial charge in [-0.1, -0.05) is 47.6 Å². The topological polar surface area (TPSA) is 108 Å². The molecule has 0 aliphatic carbocycles. The SMILES string of the molecule is CCn1c(=O)n(CCC(=O)OC(C(=O)Nc2cc(C)on2)c2ccccc2)c2ccccc21. The average molecular weight is 448 g/mol. The Hall–Kier alpha value is -4.14. The first-order valence-corrected chi connectivity index (χ1v) is 10.6. The Balaban J connectivity index is 1.51. The molecule has 2 heterocycles. The average Bonchev–Trinajstić information content (AvgIpc) is 3.35. The van der Waals surface area contributed by atoms with E-state index in [0.717, 1.165) is 11.0 Å². The van der Waals surface area contributed by atoms with E-state index in [4.69, 9.17) is 9.26 Å². The summed E-state index contributed by atoms with van der Waals surface area (Å²) in [5, 5.41) is 6.35. The molecule has 0 saturated carbocycles. The van der Waals surface area contributed by atoms with E-state index in [2.05, 4.69) is 10.5 Å². The Morgan fingerprint density at radius 2 is 1.73 bits per heavy atom. The molecule has 0 radical (unpaired) electrons. The van der Waals surface area contributed by atoms with Crippen molar-refractivity contribution in [2.24, 2.45) is 0 Å². The summed E-state index contributed by atoms with van der Waals surface area (Å²) in [6.45, 7) is 4.26. The van der Waals surface area contributed by atoms with Gasteiger partial charge in [-0.3, -0.25) is 18.7 Å². The lowest BCUT2D eigenvalue weighted by molar-refractivity contribution is -0.155. The number of nitrogens with one attached hydrogen (secondary N) is 1. The van der Waals surface area contributed by atoms with Gasteiger partial charge in [0.05, 0.1) is 17.5 Å². The van der Waals surface area contributed by atoms with E-state index >= 15 is 0 Å². The number of aromatic nitrogens is 3. The molecule has 0 bridgehead atoms. The normalized spacial score (nSPS) is 11.9. The minimum Gasteiger partial charge on any atom is -0.447 e. The van der Waals surface area contributed by atoms with Crippen LogP contribution in [0.4, 0.5) is 5.82 Å². The minimum atomic E-state index is -1.18. The Morgan fingerprint density at radius 1 is 1.06 bits per heavy atom. The Morgan fingerprint density at radius 3 is 2.36 bits per heavy atom. The van der Waals surface area contributed by atoms with Gasteiger partial charge in [0.15, 0.2) is 5.82 Å². The molecule has 0 saturated heterocycles. The third-order valence-electron chi connectivity index (χ3n) is 5.25. The van der Waals surface area contributed by atoms with Gasteiger partial charge in [0.2, 0.25) is 6.10 Å². The number of aryl methyl sites for hydroxylation is 3. The van der Waals surface area contributed by atoms with Gasteiger partial charge in [-0.15, -0.1) is 0 Å². The predicted octanol–water partition coefficient (Wildman–Crippen LogP) is 3.43. The first-order chi connectivity index (χ1) is 16.0. The van der Waals surface area contributed by atoms with E-state index < -0.39 is 18.0 Å². The van der Waals surface area contributed by atoms with Gasteiger partial charge in [0.1, 0.15) is 5.76 Å². The molecule has 4 aromatic rings. The highest BCUT2D eigenvalue weighted by Crippen LogP contribution is 2.21. The molecule has 0 aliphatic heterocycles. The van der Waals surface area contributed by atoms with Crippen molar-refractivity contribution in [2.45, 2.75) is 39.5 Å². The van der Waals surface area contributed by atoms with Crippen molar-refractivity contribution in [3.63, 3.8) is 0 Å². The summed E-state index contributed by atoms with van der Waals surface area (Å²) in [4.78, 5) is 38.4. The fourth-order valence-corrected chi connectivity index (χ4v) is 3.71. The number of esters is 1. The number of fused-ring (bicyclic) bond motifs is 1. The van der Waals surface area contributed by atoms with Crippen molar-refractivity contribution >= 4 is 28.7 Å². The molecular weight excluding hydrogens is 424 g/mol. The molecule has 9 nitrogen and oxygen atoms in total. The number of para-hydroxylation sites is 2. The second-order valence-corrected chi connectivity index (χ2v) is 7.51. The van der Waals surface area contributed by atoms with E-state index in [1.54, 1.807) is 52.5 Å². The van der Waals surface area contributed by atoms with Crippen LogP contribution in [0, 0.1) is 6.92 Å². The second kappa shape index (κ2) is 9.56. The number of carbonyl (C=O) groups is 2. The predicted molar refractivity (Wildman–Crippen MR) is 122 cm³/mol. The molecule has 1 N–H and O–H groups in total. The van der Waals surface area contributed by atoms with Gasteiger partial charge in [-0.2, -0.15) is 0 Å². The molecule has 1 atom stereocenters. The van der Waals surface area contributed by atoms with Crippen LogP contribution in [0.5, 0.6) is 0 Å². The number of amides is 1. The maximum absolute atomic E-state index is 12.9. The number of ether oxygens (including phenoxy) is 1. The van der Waals surface area contributed by atoms with Crippen LogP contribution < -0.4 is 11.0 Å². The van der Waals surface area contributed by atoms with Gasteiger partial charge in [0, 0.05) is 24.7 Å². The standard InChI is InChI=1S/C24H24N4O5/c1-3-27-18-11-7-8-12-19(18)28(24(27)31)14-13-21(29)32-22(17-9-5-4-6-10-17)23(30)25-20-15-16(2)33-26-20/h4-12,15,22H,3,13-14H2,1-2H3,(H,25,26,30). The van der Waals surface area contributed by atoms with E-state index in [-0.39, 0.29) is 24.5 Å². The molecule has 1 unspecified atom stereocenters. The quantitative estimate of drug-likeness (QED) is 0.414. The van der Waals surface area contributed by atoms with Crippen molar-refractivity contribution < 1.29 is 18.8 Å². The third kappa shape index (κ3) is 4.72. The second-order valence-electron chi connectivity index (χ2n) is 7.51. The Labute approximate surface area is 189 Å². The van der Waals surface area contributed by atoms with Crippen molar-refractivity contribution in [1.82, 2.24) is 14.3 Å². The van der Waals surface area contributed by atoms with E-state index in [1.165, 1.54) is 0 Å². The fraction of sp³-hybridized carbons (Fsp3) is 0.250. The lowest BCUT2D eigenvalue weighted by Gasteiger charge is -2.17. The number of rotatable bonds is 8. The fourth-order valence-electron chi connectivity index (χ4n) is 3.71. The zero-order valence-electron chi connectivity index (χ0n) is 18.4. The Bertz CT molecular complexity index is 1340. The molecule has 0 spiro atoms. The van der Waals surface area contributed by atoms with Crippen LogP contribution in [0.25, 0.3) is 11.0 Å². The molecule has 0 aliphatic rings. The molecule has 4 rings (SSSR count). The third-order valence-corrected chi connectivity index (χ3v) is 5.25. The first kappa shape index (κ1) is 22.1. The van der Waals surface area contributed by atoms with Crippen LogP contribution in [-0.2, 0) is 27.4 Å². The smallest absolute Gasteiger partial charge is 0.329 e. The number of hydrogen-bond acceptors (Lipinski definition) is 6. The highest BCUT2D eigenvalue weighted by atomic mass is 16.5. The van der Waals surface area contributed by atoms with Gasteiger partial charge >= 0.3 is 11.7 Å². The zero-order valence-corrected chi connectivity index (χ0v) is 18.4. The summed E-state index contributed by atoms with van der Waals surface area (Å²) < 4.78 is 13.7. The Kier molecular flexibility index (Phi) is 6.39. The largest absolute Gasteiger partial charge is 0.447 e. The molecule has 9 heteroatoms. The molecule has 1 amide bonds. The van der Waals surface area contributed by atoms with Crippen molar-refractivity contribution in [1.29, 1.82) is 0 Å². The van der Waals surface area contributed by atoms with Gasteiger partial charge < -0.3 is 14.6 Å². The summed E-state index contributed by atoms with van der Waals surface area (Å²) >= 11 is 0. The van der Waals surface area contributed by atoms with E-state index in [1.807, 2.05) is 31.2 Å². The lowest BCUT2D eigenvalue weighted by atomic mass is 10.1. The van der Waals surface area contributed by atoms with Gasteiger partial charge in [0.25, 0.3) is 5.91 Å². The maximum Gasteiger partial charge on any atom is 0.329 e. The van der Waals surface area contributed by atoms with Gasteiger partial charge in [-0.25, -0.2) is 4.79 Å². The summed E-state index contributed by atoms with van der Waals surface area (Å²) in [7, 11) is 0. The molecule has 170 valence electrons. The van der Waals surface area contributed by atoms with Crippen LogP contribution >= 0.6 is 0 Å². The number of benzene rings is 2. The van der Waals surface area contributed by atoms with Crippen LogP contribution in [-0.4, -0.2) is 26.2 Å². The summed E-state index contributed by atoms with van der Waals surface area (Å²) in [6.07, 6.45) is -1.25. The highest BCUT2D eigenvalue weighted by Gasteiger charge is 2.26. The minimum absolute atomic E-state index is 0.0721. The molecule has 33 heavy (non-hydrogen) atoms. The van der Waals surface area contributed by atoms with Crippen LogP contribution in [0.2, 0.25) is 0 Å². The number of hydrogen-bond donors (Lipinski definition) is 1. The number of carbonyl (C=O) groups excluding carboxylic acids is 2. The molecule has 0 fully saturated rings. The number of imidazole rings is 1. The van der Waals surface area contributed by atoms with Crippen LogP contribution in [0.3, 0.4) is 0 Å². The van der Waals surface area contributed by atoms with Gasteiger partial charge in [-0.05, 0) is 26.0 Å². The van der Waals surface area contributed by atoms with Crippen LogP contribution in [0.1, 0.15) is 30.8 Å². The first-order valence-electron chi connectivity index (χ1n) is 10.6. The maximum atomic E-state index is 12.9. The molecule has 2 aromatic heterocycles. The van der Waals surface area contributed by atoms with Crippen molar-refractivity contribution in [3.8, 4) is 0 Å². The lowest BCUT2D eigenvalue weighted by Crippen LogP contribution is -2.28. The molecular formula is C24H24N4O5. The molecule has 2 aromatic carbocycles. The summed E-state index contributed by atoms with van der Waals surface area (Å²) in [5.41, 5.74) is 1.88. The van der Waals surface area contributed by atoms with Crippen molar-refractivity contribution in [3.05, 3.63) is 82.5 Å². The van der Waals surface area contributed by atoms with E-state index in [9.17, 15) is 14.4 Å². The summed E-state index contributed by atoms with van der Waals surface area (Å²) in [5.74, 6) is -0.387. The number of anilines is 1. The summed E-state index contributed by atoms with van der Waals surface area (Å²) in [6, 6.07) is 17.7.